The fourth-order valence-electron chi connectivity index (χ4n) is 2.06. The van der Waals surface area contributed by atoms with Gasteiger partial charge in [0.25, 0.3) is 10.0 Å². The van der Waals surface area contributed by atoms with Crippen LogP contribution in [0.25, 0.3) is 0 Å². The molecule has 2 rings (SSSR count). The second kappa shape index (κ2) is 7.06. The molecule has 1 aromatic heterocycles. The molecule has 0 aliphatic carbocycles. The first-order valence-corrected chi connectivity index (χ1v) is 9.26. The number of para-hydroxylation sites is 1. The van der Waals surface area contributed by atoms with Gasteiger partial charge in [0.1, 0.15) is 4.90 Å². The minimum atomic E-state index is -3.55. The van der Waals surface area contributed by atoms with Crippen molar-refractivity contribution in [3.63, 3.8) is 0 Å². The number of thiophene rings is 1. The molecule has 114 valence electrons. The third-order valence-corrected chi connectivity index (χ3v) is 5.84. The zero-order valence-electron chi connectivity index (χ0n) is 12.2. The maximum atomic E-state index is 12.6. The Bertz CT molecular complexity index is 679. The maximum absolute atomic E-state index is 12.6. The van der Waals surface area contributed by atoms with Gasteiger partial charge in [0.15, 0.2) is 0 Å². The van der Waals surface area contributed by atoms with Crippen molar-refractivity contribution < 1.29 is 8.42 Å². The number of anilines is 1. The molecule has 0 atom stereocenters. The van der Waals surface area contributed by atoms with Gasteiger partial charge in [0, 0.05) is 17.1 Å². The number of benzene rings is 1. The quantitative estimate of drug-likeness (QED) is 0.768. The van der Waals surface area contributed by atoms with Gasteiger partial charge in [0.05, 0.1) is 0 Å². The van der Waals surface area contributed by atoms with E-state index in [1.807, 2.05) is 30.5 Å². The van der Waals surface area contributed by atoms with E-state index in [1.165, 1.54) is 11.3 Å². The third-order valence-electron chi connectivity index (χ3n) is 3.00. The second-order valence-electron chi connectivity index (χ2n) is 4.82. The molecule has 0 bridgehead atoms. The van der Waals surface area contributed by atoms with Crippen LogP contribution >= 0.6 is 11.3 Å². The zero-order chi connectivity index (χ0) is 15.3. The minimum Gasteiger partial charge on any atom is -0.312 e. The highest BCUT2D eigenvalue weighted by molar-refractivity contribution is 7.93. The standard InChI is InChI=1S/C15H20N2O2S2/c1-3-9-16-10-14-15(12(2)11-20-14)21(18,19)17-13-7-5-4-6-8-13/h4-8,11,16-17H,3,9-10H2,1-2H3. The summed E-state index contributed by atoms with van der Waals surface area (Å²) in [5.74, 6) is 0. The molecule has 1 heterocycles. The Morgan fingerprint density at radius 3 is 2.57 bits per heavy atom. The molecule has 0 spiro atoms. The van der Waals surface area contributed by atoms with Crippen LogP contribution in [0.4, 0.5) is 5.69 Å². The van der Waals surface area contributed by atoms with E-state index in [9.17, 15) is 8.42 Å². The van der Waals surface area contributed by atoms with E-state index >= 15 is 0 Å². The number of hydrogen-bond donors (Lipinski definition) is 2. The van der Waals surface area contributed by atoms with E-state index in [-0.39, 0.29) is 0 Å². The molecule has 0 saturated carbocycles. The van der Waals surface area contributed by atoms with Crippen molar-refractivity contribution in [2.24, 2.45) is 0 Å². The van der Waals surface area contributed by atoms with E-state index in [0.717, 1.165) is 23.4 Å². The number of rotatable bonds is 7. The van der Waals surface area contributed by atoms with Crippen LogP contribution in [-0.2, 0) is 16.6 Å². The van der Waals surface area contributed by atoms with Crippen LogP contribution in [0.5, 0.6) is 0 Å². The molecule has 0 aliphatic heterocycles. The van der Waals surface area contributed by atoms with Gasteiger partial charge < -0.3 is 5.32 Å². The van der Waals surface area contributed by atoms with Crippen LogP contribution < -0.4 is 10.0 Å². The third kappa shape index (κ3) is 4.06. The normalized spacial score (nSPS) is 11.5. The van der Waals surface area contributed by atoms with Crippen LogP contribution in [0.3, 0.4) is 0 Å². The van der Waals surface area contributed by atoms with Crippen molar-refractivity contribution in [1.82, 2.24) is 5.32 Å². The topological polar surface area (TPSA) is 58.2 Å². The van der Waals surface area contributed by atoms with Crippen molar-refractivity contribution in [3.8, 4) is 0 Å². The Morgan fingerprint density at radius 2 is 1.90 bits per heavy atom. The first kappa shape index (κ1) is 16.0. The van der Waals surface area contributed by atoms with Crippen LogP contribution in [0.15, 0.2) is 40.6 Å². The van der Waals surface area contributed by atoms with Gasteiger partial charge in [-0.25, -0.2) is 8.42 Å². The molecule has 0 radical (unpaired) electrons. The van der Waals surface area contributed by atoms with E-state index in [2.05, 4.69) is 17.0 Å². The fourth-order valence-corrected chi connectivity index (χ4v) is 4.90. The fraction of sp³-hybridized carbons (Fsp3) is 0.333. The van der Waals surface area contributed by atoms with E-state index in [4.69, 9.17) is 0 Å². The molecule has 1 aromatic carbocycles. The van der Waals surface area contributed by atoms with Gasteiger partial charge in [-0.3, -0.25) is 4.72 Å². The lowest BCUT2D eigenvalue weighted by Gasteiger charge is -2.10. The SMILES string of the molecule is CCCNCc1scc(C)c1S(=O)(=O)Nc1ccccc1. The van der Waals surface area contributed by atoms with Crippen LogP contribution in [0.1, 0.15) is 23.8 Å². The van der Waals surface area contributed by atoms with E-state index in [1.54, 1.807) is 12.1 Å². The molecular formula is C15H20N2O2S2. The Hall–Kier alpha value is -1.37. The molecule has 0 unspecified atom stereocenters. The predicted molar refractivity (Wildman–Crippen MR) is 88.3 cm³/mol. The van der Waals surface area contributed by atoms with Gasteiger partial charge in [-0.2, -0.15) is 0 Å². The summed E-state index contributed by atoms with van der Waals surface area (Å²) in [6.07, 6.45) is 1.02. The average molecular weight is 324 g/mol. The van der Waals surface area contributed by atoms with Crippen molar-refractivity contribution in [2.45, 2.75) is 31.7 Å². The summed E-state index contributed by atoms with van der Waals surface area (Å²) in [4.78, 5) is 1.25. The molecule has 2 N–H and O–H groups in total. The lowest BCUT2D eigenvalue weighted by molar-refractivity contribution is 0.598. The monoisotopic (exact) mass is 324 g/mol. The van der Waals surface area contributed by atoms with E-state index < -0.39 is 10.0 Å². The van der Waals surface area contributed by atoms with Crippen molar-refractivity contribution >= 4 is 27.0 Å². The summed E-state index contributed by atoms with van der Waals surface area (Å²) in [5, 5.41) is 5.15. The van der Waals surface area contributed by atoms with Crippen LogP contribution in [0, 0.1) is 6.92 Å². The Morgan fingerprint density at radius 1 is 1.19 bits per heavy atom. The summed E-state index contributed by atoms with van der Waals surface area (Å²) in [6, 6.07) is 8.96. The average Bonchev–Trinajstić information content (AvgIpc) is 2.82. The molecule has 0 fully saturated rings. The molecule has 0 aliphatic rings. The number of aryl methyl sites for hydroxylation is 1. The Kier molecular flexibility index (Phi) is 5.39. The summed E-state index contributed by atoms with van der Waals surface area (Å²) in [5.41, 5.74) is 1.37. The van der Waals surface area contributed by atoms with Crippen LogP contribution in [-0.4, -0.2) is 15.0 Å². The largest absolute Gasteiger partial charge is 0.312 e. The predicted octanol–water partition coefficient (Wildman–Crippen LogP) is 3.36. The lowest BCUT2D eigenvalue weighted by atomic mass is 10.3. The first-order chi connectivity index (χ1) is 10.0. The van der Waals surface area contributed by atoms with Crippen molar-refractivity contribution in [2.75, 3.05) is 11.3 Å². The molecule has 2 aromatic rings. The van der Waals surface area contributed by atoms with Gasteiger partial charge in [-0.1, -0.05) is 25.1 Å². The smallest absolute Gasteiger partial charge is 0.263 e. The van der Waals surface area contributed by atoms with Crippen molar-refractivity contribution in [1.29, 1.82) is 0 Å². The summed E-state index contributed by atoms with van der Waals surface area (Å²) in [7, 11) is -3.55. The summed E-state index contributed by atoms with van der Waals surface area (Å²) >= 11 is 1.48. The lowest BCUT2D eigenvalue weighted by Crippen LogP contribution is -2.18. The number of hydrogen-bond acceptors (Lipinski definition) is 4. The number of nitrogens with one attached hydrogen (secondary N) is 2. The highest BCUT2D eigenvalue weighted by Gasteiger charge is 2.22. The minimum absolute atomic E-state index is 0.403. The molecule has 0 saturated heterocycles. The number of sulfonamides is 1. The van der Waals surface area contributed by atoms with Gasteiger partial charge in [0.2, 0.25) is 0 Å². The van der Waals surface area contributed by atoms with Gasteiger partial charge >= 0.3 is 0 Å². The molecule has 21 heavy (non-hydrogen) atoms. The Balaban J connectivity index is 2.25. The summed E-state index contributed by atoms with van der Waals surface area (Å²) in [6.45, 7) is 5.38. The van der Waals surface area contributed by atoms with Gasteiger partial charge in [-0.15, -0.1) is 11.3 Å². The zero-order valence-corrected chi connectivity index (χ0v) is 13.9. The molecule has 0 amide bonds. The molecule has 4 nitrogen and oxygen atoms in total. The highest BCUT2D eigenvalue weighted by atomic mass is 32.2. The summed E-state index contributed by atoms with van der Waals surface area (Å²) < 4.78 is 27.9. The van der Waals surface area contributed by atoms with E-state index in [0.29, 0.717) is 17.1 Å². The molecular weight excluding hydrogens is 304 g/mol. The maximum Gasteiger partial charge on any atom is 0.263 e. The molecule has 6 heteroatoms. The highest BCUT2D eigenvalue weighted by Crippen LogP contribution is 2.28. The van der Waals surface area contributed by atoms with Crippen molar-refractivity contribution in [3.05, 3.63) is 46.2 Å². The van der Waals surface area contributed by atoms with Gasteiger partial charge in [-0.05, 0) is 43.0 Å². The Labute approximate surface area is 130 Å². The second-order valence-corrected chi connectivity index (χ2v) is 7.40. The first-order valence-electron chi connectivity index (χ1n) is 6.90. The van der Waals surface area contributed by atoms with Crippen LogP contribution in [0.2, 0.25) is 0 Å².